The Hall–Kier alpha value is -1.48. The van der Waals surface area contributed by atoms with Gasteiger partial charge in [0.25, 0.3) is 0 Å². The summed E-state index contributed by atoms with van der Waals surface area (Å²) in [5.74, 6) is 0. The van der Waals surface area contributed by atoms with Gasteiger partial charge in [0.1, 0.15) is 0 Å². The van der Waals surface area contributed by atoms with Crippen molar-refractivity contribution in [2.24, 2.45) is 0 Å². The van der Waals surface area contributed by atoms with Gasteiger partial charge in [0.05, 0.1) is 0 Å². The van der Waals surface area contributed by atoms with Crippen LogP contribution in [0.1, 0.15) is 0 Å². The van der Waals surface area contributed by atoms with Crippen molar-refractivity contribution >= 4 is 0 Å². The van der Waals surface area contributed by atoms with Crippen molar-refractivity contribution < 1.29 is 35.4 Å². The van der Waals surface area contributed by atoms with E-state index in [0.29, 0.717) is 18.8 Å². The molecule has 0 aromatic carbocycles. The van der Waals surface area contributed by atoms with E-state index in [1.165, 1.54) is 0 Å². The average Bonchev–Trinajstić information content (AvgIpc) is 1.70. The molecule has 0 spiro atoms. The van der Waals surface area contributed by atoms with E-state index in [-0.39, 0.29) is 20.1 Å². The zero-order valence-corrected chi connectivity index (χ0v) is 6.79. The standard InChI is InChI=1S/3CHNO.Ir/c3*2-1-3;/h3*3H;/q;;;+3/p-3. The predicted octanol–water partition coefficient (Wildman–Crippen LogP) is -3.52. The van der Waals surface area contributed by atoms with Crippen molar-refractivity contribution in [2.45, 2.75) is 0 Å². The summed E-state index contributed by atoms with van der Waals surface area (Å²) in [7, 11) is 0. The second-order valence-electron chi connectivity index (χ2n) is 0.274. The summed E-state index contributed by atoms with van der Waals surface area (Å²) in [4.78, 5) is 0. The first-order valence-electron chi connectivity index (χ1n) is 1.28. The van der Waals surface area contributed by atoms with Crippen molar-refractivity contribution in [3.63, 3.8) is 0 Å². The third-order valence-electron chi connectivity index (χ3n) is 0. The van der Waals surface area contributed by atoms with Crippen LogP contribution in [-0.4, -0.2) is 0 Å². The van der Waals surface area contributed by atoms with Crippen LogP contribution in [0.2, 0.25) is 0 Å². The second kappa shape index (κ2) is 138. The Morgan fingerprint density at radius 2 is 0.700 bits per heavy atom. The molecule has 6 nitrogen and oxygen atoms in total. The van der Waals surface area contributed by atoms with E-state index in [0.717, 1.165) is 0 Å². The van der Waals surface area contributed by atoms with Gasteiger partial charge in [-0.05, 0) is 0 Å². The zero-order chi connectivity index (χ0) is 8.12. The van der Waals surface area contributed by atoms with Gasteiger partial charge in [-0.1, -0.05) is 0 Å². The maximum atomic E-state index is 8.24. The average molecular weight is 318 g/mol. The fourth-order valence-corrected chi connectivity index (χ4v) is 0. The van der Waals surface area contributed by atoms with Gasteiger partial charge >= 0.3 is 20.1 Å². The summed E-state index contributed by atoms with van der Waals surface area (Å²) in [6.07, 6.45) is 1.50. The molecule has 0 atom stereocenters. The molecule has 0 saturated carbocycles. The molecule has 0 heterocycles. The van der Waals surface area contributed by atoms with Crippen LogP contribution >= 0.6 is 0 Å². The Bertz CT molecular complexity index is 112. The Kier molecular flexibility index (Phi) is 327. The zero-order valence-electron chi connectivity index (χ0n) is 4.40. The predicted molar refractivity (Wildman–Crippen MR) is 16.8 cm³/mol. The Morgan fingerprint density at radius 3 is 0.700 bits per heavy atom. The molecule has 0 unspecified atom stereocenters. The van der Waals surface area contributed by atoms with Gasteiger partial charge in [-0.2, -0.15) is 0 Å². The van der Waals surface area contributed by atoms with Crippen molar-refractivity contribution in [2.75, 3.05) is 0 Å². The number of hydrogen-bond acceptors (Lipinski definition) is 6. The minimum atomic E-state index is 0. The number of hydrogen-bond donors (Lipinski definition) is 0. The smallest absolute Gasteiger partial charge is 0.812 e. The Labute approximate surface area is 70.5 Å². The minimum absolute atomic E-state index is 0. The first-order valence-corrected chi connectivity index (χ1v) is 1.28. The van der Waals surface area contributed by atoms with Gasteiger partial charge in [0, 0.05) is 18.8 Å². The van der Waals surface area contributed by atoms with E-state index in [2.05, 4.69) is 0 Å². The van der Waals surface area contributed by atoms with E-state index in [1.807, 2.05) is 0 Å². The number of rotatable bonds is 0. The molecule has 0 N–H and O–H groups in total. The molecule has 54 valence electrons. The summed E-state index contributed by atoms with van der Waals surface area (Å²) >= 11 is 0. The second-order valence-corrected chi connectivity index (χ2v) is 0.274. The van der Waals surface area contributed by atoms with Gasteiger partial charge in [-0.25, -0.2) is 15.8 Å². The van der Waals surface area contributed by atoms with Crippen molar-refractivity contribution in [3.05, 3.63) is 0 Å². The van der Waals surface area contributed by atoms with Crippen LogP contribution in [0.25, 0.3) is 0 Å². The molecule has 7 heteroatoms. The van der Waals surface area contributed by atoms with Crippen LogP contribution in [-0.2, 0) is 20.1 Å². The molecule has 0 bridgehead atoms. The van der Waals surface area contributed by atoms with Gasteiger partial charge in [-0.15, -0.1) is 0 Å². The molecule has 0 amide bonds. The molecular weight excluding hydrogens is 318 g/mol. The van der Waals surface area contributed by atoms with E-state index in [9.17, 15) is 0 Å². The van der Waals surface area contributed by atoms with Crippen molar-refractivity contribution in [1.82, 2.24) is 0 Å². The van der Waals surface area contributed by atoms with Crippen molar-refractivity contribution in [3.8, 4) is 18.8 Å². The molecular formula is C3IrN3O3. The summed E-state index contributed by atoms with van der Waals surface area (Å²) in [5, 5.41) is 45.0. The molecule has 0 aliphatic carbocycles. The van der Waals surface area contributed by atoms with Gasteiger partial charge in [-0.3, -0.25) is 0 Å². The molecule has 0 fully saturated rings. The van der Waals surface area contributed by atoms with E-state index in [1.54, 1.807) is 0 Å². The topological polar surface area (TPSA) is 141 Å². The molecule has 0 saturated heterocycles. The third-order valence-corrected chi connectivity index (χ3v) is 0. The fourth-order valence-electron chi connectivity index (χ4n) is 0. The number of nitrogens with zero attached hydrogens (tertiary/aromatic N) is 3. The maximum Gasteiger partial charge on any atom is 3.00 e. The molecule has 0 aromatic heterocycles. The molecule has 0 aromatic rings. The molecule has 0 radical (unpaired) electrons. The summed E-state index contributed by atoms with van der Waals surface area (Å²) in [5.41, 5.74) is 0. The maximum absolute atomic E-state index is 8.24. The largest absolute Gasteiger partial charge is 3.00 e. The Morgan fingerprint density at radius 1 is 0.700 bits per heavy atom. The quantitative estimate of drug-likeness (QED) is 0.424. The summed E-state index contributed by atoms with van der Waals surface area (Å²) in [6, 6.07) is 0. The van der Waals surface area contributed by atoms with Gasteiger partial charge in [0.2, 0.25) is 0 Å². The fraction of sp³-hybridized carbons (Fsp3) is 0. The summed E-state index contributed by atoms with van der Waals surface area (Å²) < 4.78 is 0. The van der Waals surface area contributed by atoms with Crippen LogP contribution < -0.4 is 15.3 Å². The van der Waals surface area contributed by atoms with Crippen LogP contribution in [0.3, 0.4) is 0 Å². The van der Waals surface area contributed by atoms with Gasteiger partial charge in [0.15, 0.2) is 0 Å². The van der Waals surface area contributed by atoms with Gasteiger partial charge < -0.3 is 15.3 Å². The molecule has 0 rings (SSSR count). The van der Waals surface area contributed by atoms with E-state index in [4.69, 9.17) is 31.1 Å². The molecule has 0 aliphatic heterocycles. The normalized spacial score (nSPS) is 2.10. The van der Waals surface area contributed by atoms with Crippen molar-refractivity contribution in [1.29, 1.82) is 15.8 Å². The van der Waals surface area contributed by atoms with Crippen LogP contribution in [0.15, 0.2) is 0 Å². The van der Waals surface area contributed by atoms with Crippen LogP contribution in [0.5, 0.6) is 0 Å². The minimum Gasteiger partial charge on any atom is -0.812 e. The molecule has 0 aliphatic rings. The monoisotopic (exact) mass is 319 g/mol. The SMILES string of the molecule is N#C[O-].N#C[O-].N#C[O-].[Ir+3]. The Balaban J connectivity index is -0.0000000257. The van der Waals surface area contributed by atoms with Crippen LogP contribution in [0.4, 0.5) is 0 Å². The first kappa shape index (κ1) is 23.6. The summed E-state index contributed by atoms with van der Waals surface area (Å²) in [6.45, 7) is 0. The van der Waals surface area contributed by atoms with E-state index >= 15 is 0 Å². The number of nitriles is 3. The van der Waals surface area contributed by atoms with Crippen LogP contribution in [0, 0.1) is 34.6 Å². The first-order chi connectivity index (χ1) is 4.24. The molecule has 10 heavy (non-hydrogen) atoms. The third kappa shape index (κ3) is 90.6. The van der Waals surface area contributed by atoms with E-state index < -0.39 is 0 Å².